The molecule has 0 aromatic heterocycles. The molecule has 0 bridgehead atoms. The van der Waals surface area contributed by atoms with Crippen molar-refractivity contribution in [3.63, 3.8) is 0 Å². The summed E-state index contributed by atoms with van der Waals surface area (Å²) in [6, 6.07) is 0. The maximum atomic E-state index is 10.1. The van der Waals surface area contributed by atoms with Gasteiger partial charge < -0.3 is 60.0 Å². The monoisotopic (exact) mass is 979 g/mol. The van der Waals surface area contributed by atoms with E-state index in [1.54, 1.807) is 28.2 Å². The third kappa shape index (κ3) is 599. The molecule has 2 amide bonds. The molecular weight excluding hydrogens is 913 g/mol. The zero-order valence-corrected chi connectivity index (χ0v) is 40.6. The van der Waals surface area contributed by atoms with Gasteiger partial charge in [-0.05, 0) is 14.1 Å². The van der Waals surface area contributed by atoms with Crippen LogP contribution in [-0.2, 0) is 66.9 Å². The van der Waals surface area contributed by atoms with Crippen LogP contribution in [0.1, 0.15) is 69.2 Å². The van der Waals surface area contributed by atoms with E-state index in [1.165, 1.54) is 79.8 Å². The van der Waals surface area contributed by atoms with Gasteiger partial charge in [0.2, 0.25) is 11.8 Å². The van der Waals surface area contributed by atoms with Crippen molar-refractivity contribution in [3.05, 3.63) is 0 Å². The molecule has 0 heterocycles. The smallest absolute Gasteiger partial charge is 0.870 e. The molecule has 0 radical (unpaired) electrons. The Balaban J connectivity index is -0.0000000188. The summed E-state index contributed by atoms with van der Waals surface area (Å²) in [5, 5.41) is 32.4. The van der Waals surface area contributed by atoms with E-state index in [-0.39, 0.29) is 249 Å². The fourth-order valence-electron chi connectivity index (χ4n) is 0. The molecule has 28 heteroatoms. The molecule has 58 heavy (non-hydrogen) atoms. The van der Waals surface area contributed by atoms with E-state index in [0.29, 0.717) is 0 Å². The second kappa shape index (κ2) is 107. The zero-order valence-electron chi connectivity index (χ0n) is 37.1. The summed E-state index contributed by atoms with van der Waals surface area (Å²) in [6.07, 6.45) is 0. The van der Waals surface area contributed by atoms with Crippen molar-refractivity contribution in [1.82, 2.24) is 15.1 Å². The molecule has 0 aliphatic rings. The Morgan fingerprint density at radius 3 is 0.414 bits per heavy atom. The number of esters is 4. The van der Waals surface area contributed by atoms with E-state index in [4.69, 9.17) is 39.6 Å². The first-order valence-corrected chi connectivity index (χ1v) is 13.6. The summed E-state index contributed by atoms with van der Waals surface area (Å²) >= 11 is 0. The fraction of sp³-hybridized carbons (Fsp3) is 0.667. The third-order valence-corrected chi connectivity index (χ3v) is 2.41. The maximum absolute atomic E-state index is 10.1. The second-order valence-electron chi connectivity index (χ2n) is 8.19. The van der Waals surface area contributed by atoms with E-state index in [1.807, 2.05) is 14.1 Å². The molecular formula is C30H66Ar5LiN3O19. The van der Waals surface area contributed by atoms with E-state index in [2.05, 4.69) is 24.3 Å². The van der Waals surface area contributed by atoms with Crippen LogP contribution in [0.2, 0.25) is 0 Å². The van der Waals surface area contributed by atoms with Crippen LogP contribution in [0.3, 0.4) is 0 Å². The number of nitrogens with one attached hydrogen (secondary N) is 1. The van der Waals surface area contributed by atoms with Gasteiger partial charge in [0.05, 0.1) is 28.4 Å². The SMILES string of the molecule is CC(=O)N(C)C.CC(=O)N(C)C.CC(=O)O.CC(=O)O.CC(=O)O.CC(=O)O.CNC.COC(C)=O.COC(C)=O.COC(C)=O.COC(C)=O.[Ar].[Ar].[Ar].[Ar].[Ar].[Li+].[OH-]. The Hall–Kier alpha value is 1.52. The average molecular weight is 980 g/mol. The summed E-state index contributed by atoms with van der Waals surface area (Å²) in [5.74, 6) is -4.13. The number of amides is 2. The average Bonchev–Trinajstić information content (AvgIpc) is 2.93. The van der Waals surface area contributed by atoms with Crippen LogP contribution in [0, 0.1) is 189 Å². The minimum Gasteiger partial charge on any atom is -0.870 e. The summed E-state index contributed by atoms with van der Waals surface area (Å²) in [7, 11) is 16.0. The number of ether oxygens (including phenoxy) is 4. The molecule has 0 aromatic rings. The van der Waals surface area contributed by atoms with E-state index >= 15 is 0 Å². The summed E-state index contributed by atoms with van der Waals surface area (Å²) in [6.45, 7) is 12.8. The van der Waals surface area contributed by atoms with Gasteiger partial charge in [0, 0.05) is 286 Å². The van der Waals surface area contributed by atoms with E-state index in [9.17, 15) is 28.8 Å². The number of carboxylic acid groups (broad SMARTS) is 4. The zero-order chi connectivity index (χ0) is 44.5. The van der Waals surface area contributed by atoms with Gasteiger partial charge in [0.15, 0.2) is 0 Å². The number of rotatable bonds is 0. The number of nitrogens with zero attached hydrogens (tertiary/aromatic N) is 2. The van der Waals surface area contributed by atoms with Gasteiger partial charge in [0.1, 0.15) is 0 Å². The predicted molar refractivity (Wildman–Crippen MR) is 190 cm³/mol. The molecule has 0 saturated carbocycles. The largest absolute Gasteiger partial charge is 1.00 e. The van der Waals surface area contributed by atoms with Crippen molar-refractivity contribution in [3.8, 4) is 0 Å². The Morgan fingerprint density at radius 2 is 0.414 bits per heavy atom. The Kier molecular flexibility index (Phi) is 218. The molecule has 0 atom stereocenters. The first-order valence-electron chi connectivity index (χ1n) is 13.6. The van der Waals surface area contributed by atoms with Crippen LogP contribution < -0.4 is 24.2 Å². The first-order chi connectivity index (χ1) is 22.7. The molecule has 0 aliphatic carbocycles. The van der Waals surface area contributed by atoms with Crippen LogP contribution in [0.15, 0.2) is 0 Å². The molecule has 22 nitrogen and oxygen atoms in total. The van der Waals surface area contributed by atoms with Crippen LogP contribution >= 0.6 is 0 Å². The van der Waals surface area contributed by atoms with Crippen molar-refractivity contribution in [2.45, 2.75) is 69.2 Å². The number of aliphatic carboxylic acids is 4. The molecule has 0 unspecified atom stereocenters. The molecule has 0 aliphatic heterocycles. The predicted octanol–water partition coefficient (Wildman–Crippen LogP) is -2.07. The Bertz CT molecular complexity index is 787. The third-order valence-electron chi connectivity index (χ3n) is 2.41. The van der Waals surface area contributed by atoms with Crippen LogP contribution in [0.25, 0.3) is 0 Å². The normalized spacial score (nSPS) is 6.00. The van der Waals surface area contributed by atoms with Crippen molar-refractivity contribution < 1.29 is 300 Å². The standard InChI is InChI=1S/2C4H9NO.4C3H6O2.C2H7N.4C2H4O2.5Ar.Li.H2O/c2*1-4(6)5(2)3;4*1-3(4)5-2;1-3-2;4*1-2(3)4;;;;;;;/h2*1-3H3;4*1-2H3;3H,1-2H3;4*1H3,(H,3,4);;;;;;;1H2/q;;;;;;;;;;;;;;;;+1;/p-1. The molecule has 6 N–H and O–H groups in total. The number of methoxy groups -OCH3 is 4. The summed E-state index contributed by atoms with van der Waals surface area (Å²) < 4.78 is 16.4. The molecule has 0 fully saturated rings. The van der Waals surface area contributed by atoms with E-state index < -0.39 is 23.9 Å². The molecule has 0 aromatic carbocycles. The quantitative estimate of drug-likeness (QED) is 0.0989. The summed E-state index contributed by atoms with van der Waals surface area (Å²) in [4.78, 5) is 97.6. The van der Waals surface area contributed by atoms with Crippen molar-refractivity contribution in [2.75, 3.05) is 70.7 Å². The van der Waals surface area contributed by atoms with Crippen molar-refractivity contribution in [1.29, 1.82) is 0 Å². The minimum absolute atomic E-state index is 0. The van der Waals surface area contributed by atoms with Crippen LogP contribution in [-0.4, -0.2) is 166 Å². The van der Waals surface area contributed by atoms with Gasteiger partial charge in [-0.3, -0.25) is 47.9 Å². The van der Waals surface area contributed by atoms with Gasteiger partial charge in [-0.15, -0.1) is 0 Å². The van der Waals surface area contributed by atoms with Crippen molar-refractivity contribution >= 4 is 59.6 Å². The molecule has 356 valence electrons. The number of carbonyl (C=O) groups is 10. The second-order valence-corrected chi connectivity index (χ2v) is 8.19. The van der Waals surface area contributed by atoms with Crippen LogP contribution in [0.4, 0.5) is 0 Å². The molecule has 0 rings (SSSR count). The maximum Gasteiger partial charge on any atom is 1.00 e. The molecule has 0 spiro atoms. The number of carbonyl (C=O) groups excluding carboxylic acids is 6. The minimum atomic E-state index is -0.833. The van der Waals surface area contributed by atoms with Gasteiger partial charge in [-0.2, -0.15) is 0 Å². The Labute approximate surface area is 506 Å². The van der Waals surface area contributed by atoms with Gasteiger partial charge in [-0.25, -0.2) is 0 Å². The van der Waals surface area contributed by atoms with Gasteiger partial charge in [0.25, 0.3) is 23.9 Å². The fourth-order valence-corrected chi connectivity index (χ4v) is 0. The molecule has 0 saturated heterocycles. The van der Waals surface area contributed by atoms with Crippen LogP contribution in [0.5, 0.6) is 0 Å². The Morgan fingerprint density at radius 1 is 0.379 bits per heavy atom. The number of hydrogen-bond acceptors (Lipinski definition) is 16. The number of carboxylic acids is 4. The van der Waals surface area contributed by atoms with Crippen molar-refractivity contribution in [2.24, 2.45) is 0 Å². The topological polar surface area (TPSA) is 337 Å². The first kappa shape index (κ1) is 118. The van der Waals surface area contributed by atoms with Gasteiger partial charge in [-0.1, -0.05) is 0 Å². The van der Waals surface area contributed by atoms with E-state index in [0.717, 1.165) is 27.7 Å². The van der Waals surface area contributed by atoms with Gasteiger partial charge >= 0.3 is 42.7 Å². The number of hydrogen-bond donors (Lipinski definition) is 5. The summed E-state index contributed by atoms with van der Waals surface area (Å²) in [5.41, 5.74) is 0.